The Kier molecular flexibility index (Phi) is 3.98. The van der Waals surface area contributed by atoms with Crippen LogP contribution in [0.25, 0.3) is 0 Å². The van der Waals surface area contributed by atoms with Gasteiger partial charge in [-0.1, -0.05) is 6.07 Å². The van der Waals surface area contributed by atoms with E-state index in [0.29, 0.717) is 18.5 Å². The van der Waals surface area contributed by atoms with Crippen molar-refractivity contribution in [2.75, 3.05) is 13.6 Å². The third-order valence-electron chi connectivity index (χ3n) is 1.95. The highest BCUT2D eigenvalue weighted by atomic mass is 19.2. The molecule has 14 heavy (non-hydrogen) atoms. The molecule has 0 aliphatic carbocycles. The summed E-state index contributed by atoms with van der Waals surface area (Å²) in [6.07, 6.45) is 0.540. The van der Waals surface area contributed by atoms with Crippen molar-refractivity contribution in [2.24, 2.45) is 5.73 Å². The van der Waals surface area contributed by atoms with Crippen molar-refractivity contribution in [1.29, 1.82) is 0 Å². The standard InChI is InChI=1S/C10H14F2N2/c1-14-6-8(13)4-7-2-3-9(11)10(12)5-7/h2-3,5,8,14H,4,6,13H2,1H3. The van der Waals surface area contributed by atoms with Crippen molar-refractivity contribution < 1.29 is 8.78 Å². The molecule has 0 aliphatic rings. The summed E-state index contributed by atoms with van der Waals surface area (Å²) in [7, 11) is 1.80. The van der Waals surface area contributed by atoms with Crippen LogP contribution in [0.4, 0.5) is 8.78 Å². The van der Waals surface area contributed by atoms with Crippen molar-refractivity contribution in [1.82, 2.24) is 5.32 Å². The van der Waals surface area contributed by atoms with Crippen LogP contribution in [0.1, 0.15) is 5.56 Å². The molecule has 2 nitrogen and oxygen atoms in total. The Morgan fingerprint density at radius 2 is 2.07 bits per heavy atom. The lowest BCUT2D eigenvalue weighted by molar-refractivity contribution is 0.505. The van der Waals surface area contributed by atoms with Crippen LogP contribution in [0.3, 0.4) is 0 Å². The Balaban J connectivity index is 2.63. The first-order valence-corrected chi connectivity index (χ1v) is 4.47. The lowest BCUT2D eigenvalue weighted by Crippen LogP contribution is -2.33. The van der Waals surface area contributed by atoms with Crippen LogP contribution < -0.4 is 11.1 Å². The molecule has 0 fully saturated rings. The lowest BCUT2D eigenvalue weighted by atomic mass is 10.1. The molecule has 1 rings (SSSR count). The van der Waals surface area contributed by atoms with Gasteiger partial charge in [-0.3, -0.25) is 0 Å². The molecule has 0 heterocycles. The van der Waals surface area contributed by atoms with E-state index in [-0.39, 0.29) is 6.04 Å². The Morgan fingerprint density at radius 1 is 1.36 bits per heavy atom. The normalized spacial score (nSPS) is 12.9. The molecule has 0 aliphatic heterocycles. The molecule has 0 radical (unpaired) electrons. The SMILES string of the molecule is CNCC(N)Cc1ccc(F)c(F)c1. The summed E-state index contributed by atoms with van der Waals surface area (Å²) in [5, 5.41) is 2.92. The van der Waals surface area contributed by atoms with Gasteiger partial charge in [-0.2, -0.15) is 0 Å². The Morgan fingerprint density at radius 3 is 2.64 bits per heavy atom. The highest BCUT2D eigenvalue weighted by Crippen LogP contribution is 2.09. The molecule has 0 saturated carbocycles. The molecular weight excluding hydrogens is 186 g/mol. The number of hydrogen-bond acceptors (Lipinski definition) is 2. The minimum Gasteiger partial charge on any atom is -0.326 e. The van der Waals surface area contributed by atoms with E-state index in [4.69, 9.17) is 5.73 Å². The van der Waals surface area contributed by atoms with E-state index >= 15 is 0 Å². The van der Waals surface area contributed by atoms with Crippen LogP contribution in [-0.4, -0.2) is 19.6 Å². The predicted octanol–water partition coefficient (Wildman–Crippen LogP) is 1.05. The zero-order valence-corrected chi connectivity index (χ0v) is 8.06. The summed E-state index contributed by atoms with van der Waals surface area (Å²) in [6.45, 7) is 0.652. The Labute approximate surface area is 82.1 Å². The fourth-order valence-electron chi connectivity index (χ4n) is 1.30. The van der Waals surface area contributed by atoms with Gasteiger partial charge in [0.15, 0.2) is 11.6 Å². The van der Waals surface area contributed by atoms with Gasteiger partial charge in [-0.05, 0) is 31.2 Å². The molecule has 1 atom stereocenters. The van der Waals surface area contributed by atoms with Crippen LogP contribution in [0.2, 0.25) is 0 Å². The van der Waals surface area contributed by atoms with Crippen LogP contribution >= 0.6 is 0 Å². The molecule has 4 heteroatoms. The quantitative estimate of drug-likeness (QED) is 0.762. The number of halogens is 2. The summed E-state index contributed by atoms with van der Waals surface area (Å²) < 4.78 is 25.3. The molecule has 0 saturated heterocycles. The maximum atomic E-state index is 12.8. The molecule has 1 aromatic rings. The fourth-order valence-corrected chi connectivity index (χ4v) is 1.30. The fraction of sp³-hybridized carbons (Fsp3) is 0.400. The Hall–Kier alpha value is -1.00. The minimum absolute atomic E-state index is 0.0788. The molecule has 0 spiro atoms. The van der Waals surface area contributed by atoms with E-state index in [0.717, 1.165) is 6.07 Å². The molecule has 1 unspecified atom stereocenters. The molecule has 1 aromatic carbocycles. The smallest absolute Gasteiger partial charge is 0.159 e. The van der Waals surface area contributed by atoms with Gasteiger partial charge in [0.2, 0.25) is 0 Å². The van der Waals surface area contributed by atoms with E-state index in [9.17, 15) is 8.78 Å². The summed E-state index contributed by atoms with van der Waals surface area (Å²) in [5.74, 6) is -1.64. The van der Waals surface area contributed by atoms with Gasteiger partial charge in [0.05, 0.1) is 0 Å². The number of nitrogens with two attached hydrogens (primary N) is 1. The molecular formula is C10H14F2N2. The van der Waals surface area contributed by atoms with Crippen molar-refractivity contribution in [3.8, 4) is 0 Å². The van der Waals surface area contributed by atoms with Gasteiger partial charge >= 0.3 is 0 Å². The van der Waals surface area contributed by atoms with Crippen LogP contribution in [0.5, 0.6) is 0 Å². The highest BCUT2D eigenvalue weighted by Gasteiger charge is 2.06. The van der Waals surface area contributed by atoms with Crippen LogP contribution in [0, 0.1) is 11.6 Å². The monoisotopic (exact) mass is 200 g/mol. The van der Waals surface area contributed by atoms with E-state index in [1.54, 1.807) is 13.1 Å². The third kappa shape index (κ3) is 3.05. The molecule has 0 amide bonds. The maximum Gasteiger partial charge on any atom is 0.159 e. The summed E-state index contributed by atoms with van der Waals surface area (Å²) in [5.41, 5.74) is 6.44. The maximum absolute atomic E-state index is 12.8. The first-order valence-electron chi connectivity index (χ1n) is 4.47. The zero-order chi connectivity index (χ0) is 10.6. The second-order valence-corrected chi connectivity index (χ2v) is 3.27. The van der Waals surface area contributed by atoms with Crippen LogP contribution in [0.15, 0.2) is 18.2 Å². The van der Waals surface area contributed by atoms with E-state index in [1.165, 1.54) is 6.07 Å². The first kappa shape index (κ1) is 11.1. The predicted molar refractivity (Wildman–Crippen MR) is 52.0 cm³/mol. The molecule has 0 aromatic heterocycles. The van der Waals surface area contributed by atoms with E-state index in [1.807, 2.05) is 0 Å². The number of likely N-dealkylation sites (N-methyl/N-ethyl adjacent to an activating group) is 1. The Bertz CT molecular complexity index is 302. The van der Waals surface area contributed by atoms with Crippen molar-refractivity contribution in [2.45, 2.75) is 12.5 Å². The van der Waals surface area contributed by atoms with Gasteiger partial charge in [-0.15, -0.1) is 0 Å². The number of hydrogen-bond donors (Lipinski definition) is 2. The number of benzene rings is 1. The average molecular weight is 200 g/mol. The average Bonchev–Trinajstić information content (AvgIpc) is 2.12. The largest absolute Gasteiger partial charge is 0.326 e. The van der Waals surface area contributed by atoms with Gasteiger partial charge < -0.3 is 11.1 Å². The highest BCUT2D eigenvalue weighted by molar-refractivity contribution is 5.18. The third-order valence-corrected chi connectivity index (χ3v) is 1.95. The molecule has 78 valence electrons. The topological polar surface area (TPSA) is 38.0 Å². The zero-order valence-electron chi connectivity index (χ0n) is 8.06. The van der Waals surface area contributed by atoms with Crippen molar-refractivity contribution in [3.63, 3.8) is 0 Å². The van der Waals surface area contributed by atoms with E-state index < -0.39 is 11.6 Å². The van der Waals surface area contributed by atoms with Gasteiger partial charge in [0.1, 0.15) is 0 Å². The molecule has 0 bridgehead atoms. The summed E-state index contributed by atoms with van der Waals surface area (Å²) in [6, 6.07) is 3.78. The van der Waals surface area contributed by atoms with Crippen LogP contribution in [-0.2, 0) is 6.42 Å². The van der Waals surface area contributed by atoms with E-state index in [2.05, 4.69) is 5.32 Å². The number of rotatable bonds is 4. The van der Waals surface area contributed by atoms with Gasteiger partial charge in [0.25, 0.3) is 0 Å². The van der Waals surface area contributed by atoms with Gasteiger partial charge in [-0.25, -0.2) is 8.78 Å². The summed E-state index contributed by atoms with van der Waals surface area (Å²) >= 11 is 0. The summed E-state index contributed by atoms with van der Waals surface area (Å²) in [4.78, 5) is 0. The first-order chi connectivity index (χ1) is 6.63. The second kappa shape index (κ2) is 5.02. The number of nitrogens with one attached hydrogen (secondary N) is 1. The van der Waals surface area contributed by atoms with Gasteiger partial charge in [0, 0.05) is 12.6 Å². The minimum atomic E-state index is -0.823. The lowest BCUT2D eigenvalue weighted by Gasteiger charge is -2.10. The van der Waals surface area contributed by atoms with Crippen molar-refractivity contribution in [3.05, 3.63) is 35.4 Å². The molecule has 3 N–H and O–H groups in total. The van der Waals surface area contributed by atoms with Crippen molar-refractivity contribution >= 4 is 0 Å². The second-order valence-electron chi connectivity index (χ2n) is 3.27.